The molecule has 118 valence electrons. The lowest BCUT2D eigenvalue weighted by Crippen LogP contribution is -2.19. The smallest absolute Gasteiger partial charge is 0.358 e. The van der Waals surface area contributed by atoms with Gasteiger partial charge in [-0.05, 0) is 31.2 Å². The fourth-order valence-corrected chi connectivity index (χ4v) is 1.95. The monoisotopic (exact) mass is 328 g/mol. The van der Waals surface area contributed by atoms with Gasteiger partial charge >= 0.3 is 16.5 Å². The first-order valence-corrected chi connectivity index (χ1v) is 7.36. The van der Waals surface area contributed by atoms with Crippen LogP contribution in [0.3, 0.4) is 0 Å². The Labute approximate surface area is 126 Å². The van der Waals surface area contributed by atoms with Gasteiger partial charge in [0.1, 0.15) is 5.75 Å². The van der Waals surface area contributed by atoms with Crippen LogP contribution < -0.4 is 14.8 Å². The molecule has 10 heteroatoms. The molecule has 2 N–H and O–H groups in total. The van der Waals surface area contributed by atoms with Gasteiger partial charge in [-0.15, -0.1) is 0 Å². The molecule has 0 saturated carbocycles. The summed E-state index contributed by atoms with van der Waals surface area (Å²) in [6.45, 7) is 1.84. The molecule has 0 aliphatic carbocycles. The fourth-order valence-electron chi connectivity index (χ4n) is 1.61. The maximum absolute atomic E-state index is 12.3. The van der Waals surface area contributed by atoms with E-state index in [0.717, 1.165) is 5.69 Å². The van der Waals surface area contributed by atoms with Crippen molar-refractivity contribution in [2.24, 2.45) is 7.05 Å². The molecule has 1 aromatic carbocycles. The summed E-state index contributed by atoms with van der Waals surface area (Å²) in [5.41, 5.74) is 1.25. The highest BCUT2D eigenvalue weighted by atomic mass is 32.3. The van der Waals surface area contributed by atoms with Crippen LogP contribution in [0.5, 0.6) is 5.75 Å². The van der Waals surface area contributed by atoms with Crippen molar-refractivity contribution in [1.82, 2.24) is 9.78 Å². The van der Waals surface area contributed by atoms with E-state index < -0.39 is 16.5 Å². The fraction of sp³-hybridized carbons (Fsp3) is 0.167. The van der Waals surface area contributed by atoms with E-state index in [1.807, 2.05) is 6.92 Å². The topological polar surface area (TPSA) is 102 Å². The summed E-state index contributed by atoms with van der Waals surface area (Å²) in [6, 6.07) is 6.32. The Balaban J connectivity index is 1.97. The first-order valence-electron chi connectivity index (χ1n) is 6.06. The molecule has 0 aliphatic heterocycles. The van der Waals surface area contributed by atoms with Gasteiger partial charge in [-0.2, -0.15) is 13.5 Å². The minimum Gasteiger partial charge on any atom is -0.358 e. The summed E-state index contributed by atoms with van der Waals surface area (Å²) in [5.74, 6) is 0.190. The van der Waals surface area contributed by atoms with Crippen LogP contribution in [-0.4, -0.2) is 24.2 Å². The molecule has 0 saturated heterocycles. The van der Waals surface area contributed by atoms with E-state index in [-0.39, 0.29) is 5.75 Å². The Morgan fingerprint density at radius 1 is 1.27 bits per heavy atom. The number of anilines is 2. The van der Waals surface area contributed by atoms with Crippen molar-refractivity contribution in [2.75, 3.05) is 10.6 Å². The molecule has 0 spiro atoms. The Bertz CT molecular complexity index is 766. The van der Waals surface area contributed by atoms with Crippen molar-refractivity contribution in [3.8, 4) is 5.75 Å². The molecule has 1 heterocycles. The second-order valence-corrected chi connectivity index (χ2v) is 5.33. The van der Waals surface area contributed by atoms with Crippen molar-refractivity contribution >= 4 is 28.0 Å². The van der Waals surface area contributed by atoms with E-state index in [1.54, 1.807) is 17.8 Å². The largest absolute Gasteiger partial charge is 0.488 e. The van der Waals surface area contributed by atoms with Gasteiger partial charge in [-0.25, -0.2) is 4.79 Å². The van der Waals surface area contributed by atoms with E-state index in [9.17, 15) is 17.1 Å². The Hall–Kier alpha value is -2.62. The van der Waals surface area contributed by atoms with Gasteiger partial charge in [-0.1, -0.05) is 3.89 Å². The van der Waals surface area contributed by atoms with Crippen molar-refractivity contribution < 1.29 is 21.3 Å². The molecule has 2 amide bonds. The highest BCUT2D eigenvalue weighted by Crippen LogP contribution is 2.18. The molecular weight excluding hydrogens is 315 g/mol. The number of nitrogens with zero attached hydrogens (tertiary/aromatic N) is 2. The summed E-state index contributed by atoms with van der Waals surface area (Å²) in [7, 11) is -3.32. The molecule has 0 bridgehead atoms. The van der Waals surface area contributed by atoms with E-state index >= 15 is 0 Å². The van der Waals surface area contributed by atoms with Gasteiger partial charge < -0.3 is 9.50 Å². The zero-order valence-corrected chi connectivity index (χ0v) is 12.5. The second-order valence-electron chi connectivity index (χ2n) is 4.37. The van der Waals surface area contributed by atoms with Crippen molar-refractivity contribution in [3.05, 3.63) is 36.0 Å². The molecule has 0 atom stereocenters. The first kappa shape index (κ1) is 15.8. The molecule has 0 aliphatic rings. The molecule has 22 heavy (non-hydrogen) atoms. The summed E-state index contributed by atoms with van der Waals surface area (Å²) in [6.07, 6.45) is 0. The van der Waals surface area contributed by atoms with E-state index in [0.29, 0.717) is 11.5 Å². The van der Waals surface area contributed by atoms with Gasteiger partial charge in [0.05, 0.1) is 0 Å². The quantitative estimate of drug-likeness (QED) is 0.835. The molecule has 0 unspecified atom stereocenters. The number of benzene rings is 1. The number of amides is 2. The zero-order chi connectivity index (χ0) is 16.3. The number of halogens is 1. The van der Waals surface area contributed by atoms with Gasteiger partial charge in [0, 0.05) is 24.5 Å². The van der Waals surface area contributed by atoms with E-state index in [2.05, 4.69) is 19.9 Å². The van der Waals surface area contributed by atoms with Crippen LogP contribution in [-0.2, 0) is 17.6 Å². The summed E-state index contributed by atoms with van der Waals surface area (Å²) in [4.78, 5) is 11.8. The maximum Gasteiger partial charge on any atom is 0.488 e. The lowest BCUT2D eigenvalue weighted by molar-refractivity contribution is 0.262. The van der Waals surface area contributed by atoms with Crippen LogP contribution in [0.15, 0.2) is 30.3 Å². The van der Waals surface area contributed by atoms with Crippen LogP contribution >= 0.6 is 0 Å². The first-order chi connectivity index (χ1) is 10.2. The number of nitrogens with one attached hydrogen (secondary N) is 2. The molecule has 0 fully saturated rings. The van der Waals surface area contributed by atoms with Gasteiger partial charge in [0.15, 0.2) is 5.82 Å². The highest BCUT2D eigenvalue weighted by molar-refractivity contribution is 7.81. The van der Waals surface area contributed by atoms with Crippen LogP contribution in [0.4, 0.5) is 20.2 Å². The number of hydrogen-bond donors (Lipinski definition) is 2. The third-order valence-electron chi connectivity index (χ3n) is 2.66. The standard InChI is InChI=1S/C12H13FN4O4S/c1-8-7-11(16-17(8)2)15-12(18)14-9-3-5-10(6-4-9)21-22(13,19)20/h3-7H,1-2H3,(H2,14,15,16,18). The average Bonchev–Trinajstić information content (AvgIpc) is 2.68. The maximum atomic E-state index is 12.3. The molecule has 0 radical (unpaired) electrons. The zero-order valence-electron chi connectivity index (χ0n) is 11.7. The summed E-state index contributed by atoms with van der Waals surface area (Å²) in [5, 5.41) is 9.11. The molecular formula is C12H13FN4O4S. The third kappa shape index (κ3) is 4.45. The minimum atomic E-state index is -5.07. The summed E-state index contributed by atoms with van der Waals surface area (Å²) >= 11 is 0. The third-order valence-corrected chi connectivity index (χ3v) is 3.05. The number of carbonyl (C=O) groups excluding carboxylic acids is 1. The van der Waals surface area contributed by atoms with Gasteiger partial charge in [0.2, 0.25) is 0 Å². The highest BCUT2D eigenvalue weighted by Gasteiger charge is 2.10. The van der Waals surface area contributed by atoms with Gasteiger partial charge in [-0.3, -0.25) is 10.00 Å². The second kappa shape index (κ2) is 6.02. The number of aryl methyl sites for hydroxylation is 2. The SMILES string of the molecule is Cc1cc(NC(=O)Nc2ccc(OS(=O)(=O)F)cc2)nn1C. The predicted molar refractivity (Wildman–Crippen MR) is 77.7 cm³/mol. The van der Waals surface area contributed by atoms with E-state index in [4.69, 9.17) is 0 Å². The average molecular weight is 328 g/mol. The molecule has 2 aromatic rings. The van der Waals surface area contributed by atoms with Crippen LogP contribution in [0.1, 0.15) is 5.69 Å². The summed E-state index contributed by atoms with van der Waals surface area (Å²) < 4.78 is 38.6. The number of hydrogen-bond acceptors (Lipinski definition) is 5. The van der Waals surface area contributed by atoms with Crippen LogP contribution in [0, 0.1) is 6.92 Å². The lowest BCUT2D eigenvalue weighted by Gasteiger charge is -2.06. The van der Waals surface area contributed by atoms with Gasteiger partial charge in [0.25, 0.3) is 0 Å². The molecule has 2 rings (SSSR count). The lowest BCUT2D eigenvalue weighted by atomic mass is 10.3. The minimum absolute atomic E-state index is 0.200. The van der Waals surface area contributed by atoms with Crippen molar-refractivity contribution in [3.63, 3.8) is 0 Å². The normalized spacial score (nSPS) is 11.0. The number of urea groups is 1. The predicted octanol–water partition coefficient (Wildman–Crippen LogP) is 1.97. The Morgan fingerprint density at radius 2 is 1.91 bits per heavy atom. The van der Waals surface area contributed by atoms with Crippen LogP contribution in [0.2, 0.25) is 0 Å². The Kier molecular flexibility index (Phi) is 4.31. The van der Waals surface area contributed by atoms with Crippen molar-refractivity contribution in [1.29, 1.82) is 0 Å². The Morgan fingerprint density at radius 3 is 2.41 bits per heavy atom. The number of carbonyl (C=O) groups is 1. The number of aromatic nitrogens is 2. The number of rotatable bonds is 4. The molecule has 1 aromatic heterocycles. The van der Waals surface area contributed by atoms with Crippen molar-refractivity contribution in [2.45, 2.75) is 6.92 Å². The van der Waals surface area contributed by atoms with Crippen LogP contribution in [0.25, 0.3) is 0 Å². The van der Waals surface area contributed by atoms with E-state index in [1.165, 1.54) is 24.3 Å². The molecule has 8 nitrogen and oxygen atoms in total.